The summed E-state index contributed by atoms with van der Waals surface area (Å²) in [4.78, 5) is 13.3. The number of carbonyl (C=O) groups excluding carboxylic acids is 1. The maximum Gasteiger partial charge on any atom is 0.273 e. The molecule has 1 amide bonds. The SMILES string of the molecule is Cc1cc(C)c2cc(C(=O)N(C)C)nn2c1. The van der Waals surface area contributed by atoms with Crippen LogP contribution in [0.15, 0.2) is 18.3 Å². The zero-order chi connectivity index (χ0) is 11.9. The van der Waals surface area contributed by atoms with E-state index < -0.39 is 0 Å². The van der Waals surface area contributed by atoms with Gasteiger partial charge >= 0.3 is 0 Å². The molecule has 0 N–H and O–H groups in total. The van der Waals surface area contributed by atoms with Gasteiger partial charge in [0.05, 0.1) is 5.52 Å². The fraction of sp³-hybridized carbons (Fsp3) is 0.333. The van der Waals surface area contributed by atoms with Gasteiger partial charge in [-0.25, -0.2) is 4.52 Å². The average Bonchev–Trinajstić information content (AvgIpc) is 2.60. The van der Waals surface area contributed by atoms with Crippen molar-refractivity contribution in [3.8, 4) is 0 Å². The molecule has 0 atom stereocenters. The lowest BCUT2D eigenvalue weighted by Gasteiger charge is -2.06. The molecule has 0 fully saturated rings. The number of aryl methyl sites for hydroxylation is 2. The number of aromatic nitrogens is 2. The highest BCUT2D eigenvalue weighted by Crippen LogP contribution is 2.14. The molecule has 2 aromatic heterocycles. The van der Waals surface area contributed by atoms with E-state index in [0.717, 1.165) is 16.6 Å². The van der Waals surface area contributed by atoms with Gasteiger partial charge < -0.3 is 4.90 Å². The molecular formula is C12H15N3O. The number of hydrogen-bond donors (Lipinski definition) is 0. The molecule has 0 aliphatic rings. The molecule has 0 aliphatic carbocycles. The third kappa shape index (κ3) is 1.66. The number of carbonyl (C=O) groups is 1. The van der Waals surface area contributed by atoms with E-state index in [1.807, 2.05) is 26.1 Å². The van der Waals surface area contributed by atoms with Crippen molar-refractivity contribution in [2.24, 2.45) is 0 Å². The lowest BCUT2D eigenvalue weighted by molar-refractivity contribution is 0.0821. The summed E-state index contributed by atoms with van der Waals surface area (Å²) in [5.41, 5.74) is 3.73. The first-order valence-electron chi connectivity index (χ1n) is 5.17. The van der Waals surface area contributed by atoms with E-state index >= 15 is 0 Å². The number of amides is 1. The first kappa shape index (κ1) is 10.7. The highest BCUT2D eigenvalue weighted by molar-refractivity contribution is 5.93. The van der Waals surface area contributed by atoms with Crippen LogP contribution in [0.1, 0.15) is 21.6 Å². The quantitative estimate of drug-likeness (QED) is 0.728. The lowest BCUT2D eigenvalue weighted by Crippen LogP contribution is -2.22. The van der Waals surface area contributed by atoms with E-state index in [2.05, 4.69) is 11.2 Å². The van der Waals surface area contributed by atoms with Gasteiger partial charge in [-0.3, -0.25) is 4.79 Å². The fourth-order valence-corrected chi connectivity index (χ4v) is 1.77. The predicted molar refractivity (Wildman–Crippen MR) is 62.7 cm³/mol. The molecule has 2 aromatic rings. The van der Waals surface area contributed by atoms with Crippen LogP contribution in [0.3, 0.4) is 0 Å². The van der Waals surface area contributed by atoms with Crippen LogP contribution in [0.2, 0.25) is 0 Å². The summed E-state index contributed by atoms with van der Waals surface area (Å²) in [6.45, 7) is 4.04. The Morgan fingerprint density at radius 3 is 2.62 bits per heavy atom. The van der Waals surface area contributed by atoms with Gasteiger partial charge in [0, 0.05) is 20.3 Å². The van der Waals surface area contributed by atoms with E-state index in [1.54, 1.807) is 18.6 Å². The van der Waals surface area contributed by atoms with Gasteiger partial charge in [-0.2, -0.15) is 5.10 Å². The van der Waals surface area contributed by atoms with Crippen molar-refractivity contribution in [1.82, 2.24) is 14.5 Å². The first-order chi connectivity index (χ1) is 7.49. The van der Waals surface area contributed by atoms with Gasteiger partial charge in [-0.15, -0.1) is 0 Å². The van der Waals surface area contributed by atoms with Crippen molar-refractivity contribution >= 4 is 11.4 Å². The Balaban J connectivity index is 2.60. The molecular weight excluding hydrogens is 202 g/mol. The van der Waals surface area contributed by atoms with Gasteiger partial charge in [0.2, 0.25) is 0 Å². The van der Waals surface area contributed by atoms with Crippen molar-refractivity contribution in [1.29, 1.82) is 0 Å². The molecule has 2 rings (SSSR count). The largest absolute Gasteiger partial charge is 0.343 e. The summed E-state index contributed by atoms with van der Waals surface area (Å²) in [5.74, 6) is -0.0687. The molecule has 2 heterocycles. The molecule has 0 aliphatic heterocycles. The Morgan fingerprint density at radius 1 is 1.31 bits per heavy atom. The predicted octanol–water partition coefficient (Wildman–Crippen LogP) is 1.65. The zero-order valence-corrected chi connectivity index (χ0v) is 9.98. The fourth-order valence-electron chi connectivity index (χ4n) is 1.77. The van der Waals surface area contributed by atoms with Crippen LogP contribution in [-0.4, -0.2) is 34.5 Å². The minimum atomic E-state index is -0.0687. The minimum Gasteiger partial charge on any atom is -0.343 e. The summed E-state index contributed by atoms with van der Waals surface area (Å²) in [5, 5.41) is 4.28. The summed E-state index contributed by atoms with van der Waals surface area (Å²) in [6.07, 6.45) is 1.93. The van der Waals surface area contributed by atoms with Crippen LogP contribution < -0.4 is 0 Å². The topological polar surface area (TPSA) is 37.6 Å². The molecule has 4 nitrogen and oxygen atoms in total. The summed E-state index contributed by atoms with van der Waals surface area (Å²) < 4.78 is 1.77. The molecule has 4 heteroatoms. The molecule has 0 aromatic carbocycles. The maximum atomic E-state index is 11.8. The van der Waals surface area contributed by atoms with Crippen molar-refractivity contribution < 1.29 is 4.79 Å². The van der Waals surface area contributed by atoms with Crippen molar-refractivity contribution in [3.63, 3.8) is 0 Å². The Labute approximate surface area is 94.5 Å². The Kier molecular flexibility index (Phi) is 2.42. The highest BCUT2D eigenvalue weighted by atomic mass is 16.2. The number of hydrogen-bond acceptors (Lipinski definition) is 2. The number of rotatable bonds is 1. The smallest absolute Gasteiger partial charge is 0.273 e. The first-order valence-corrected chi connectivity index (χ1v) is 5.17. The Hall–Kier alpha value is -1.84. The standard InChI is InChI=1S/C12H15N3O/c1-8-5-9(2)11-6-10(12(16)14(3)4)13-15(11)7-8/h5-7H,1-4H3. The van der Waals surface area contributed by atoms with E-state index in [-0.39, 0.29) is 5.91 Å². The second kappa shape index (κ2) is 3.63. The van der Waals surface area contributed by atoms with Crippen LogP contribution >= 0.6 is 0 Å². The molecule has 16 heavy (non-hydrogen) atoms. The van der Waals surface area contributed by atoms with Crippen molar-refractivity contribution in [3.05, 3.63) is 35.2 Å². The maximum absolute atomic E-state index is 11.8. The highest BCUT2D eigenvalue weighted by Gasteiger charge is 2.13. The number of nitrogens with zero attached hydrogens (tertiary/aromatic N) is 3. The van der Waals surface area contributed by atoms with E-state index in [9.17, 15) is 4.79 Å². The Bertz CT molecular complexity index is 555. The van der Waals surface area contributed by atoms with Gasteiger partial charge in [0.1, 0.15) is 0 Å². The Morgan fingerprint density at radius 2 is 2.00 bits per heavy atom. The second-order valence-electron chi connectivity index (χ2n) is 4.26. The summed E-state index contributed by atoms with van der Waals surface area (Å²) in [7, 11) is 3.45. The molecule has 84 valence electrons. The van der Waals surface area contributed by atoms with Crippen LogP contribution in [-0.2, 0) is 0 Å². The zero-order valence-electron chi connectivity index (χ0n) is 9.98. The number of fused-ring (bicyclic) bond motifs is 1. The third-order valence-electron chi connectivity index (χ3n) is 2.54. The molecule has 0 saturated carbocycles. The molecule has 0 bridgehead atoms. The van der Waals surface area contributed by atoms with Crippen LogP contribution in [0.25, 0.3) is 5.52 Å². The number of pyridine rings is 1. The molecule has 0 spiro atoms. The normalized spacial score (nSPS) is 10.8. The van der Waals surface area contributed by atoms with Gasteiger partial charge in [-0.05, 0) is 31.0 Å². The monoisotopic (exact) mass is 217 g/mol. The van der Waals surface area contributed by atoms with E-state index in [0.29, 0.717) is 5.69 Å². The van der Waals surface area contributed by atoms with Gasteiger partial charge in [0.15, 0.2) is 5.69 Å². The molecule has 0 radical (unpaired) electrons. The average molecular weight is 217 g/mol. The van der Waals surface area contributed by atoms with Crippen molar-refractivity contribution in [2.75, 3.05) is 14.1 Å². The van der Waals surface area contributed by atoms with Crippen LogP contribution in [0.5, 0.6) is 0 Å². The van der Waals surface area contributed by atoms with Crippen molar-refractivity contribution in [2.45, 2.75) is 13.8 Å². The third-order valence-corrected chi connectivity index (χ3v) is 2.54. The molecule has 0 unspecified atom stereocenters. The van der Waals surface area contributed by atoms with E-state index in [4.69, 9.17) is 0 Å². The minimum absolute atomic E-state index is 0.0687. The lowest BCUT2D eigenvalue weighted by atomic mass is 10.2. The van der Waals surface area contributed by atoms with Crippen LogP contribution in [0, 0.1) is 13.8 Å². The van der Waals surface area contributed by atoms with Gasteiger partial charge in [-0.1, -0.05) is 6.07 Å². The van der Waals surface area contributed by atoms with Crippen LogP contribution in [0.4, 0.5) is 0 Å². The van der Waals surface area contributed by atoms with E-state index in [1.165, 1.54) is 4.90 Å². The summed E-state index contributed by atoms with van der Waals surface area (Å²) >= 11 is 0. The molecule has 0 saturated heterocycles. The summed E-state index contributed by atoms with van der Waals surface area (Å²) in [6, 6.07) is 3.91. The van der Waals surface area contributed by atoms with Gasteiger partial charge in [0.25, 0.3) is 5.91 Å². The second-order valence-corrected chi connectivity index (χ2v) is 4.26.